The summed E-state index contributed by atoms with van der Waals surface area (Å²) in [6, 6.07) is 5.35. The molecule has 2 rings (SSSR count). The van der Waals surface area contributed by atoms with Gasteiger partial charge in [0, 0.05) is 29.4 Å². The van der Waals surface area contributed by atoms with Crippen molar-refractivity contribution in [3.05, 3.63) is 23.8 Å². The summed E-state index contributed by atoms with van der Waals surface area (Å²) in [5, 5.41) is 15.9. The van der Waals surface area contributed by atoms with Gasteiger partial charge in [-0.1, -0.05) is 13.8 Å². The van der Waals surface area contributed by atoms with Gasteiger partial charge in [-0.15, -0.1) is 0 Å². The molecule has 2 unspecified atom stereocenters. The Morgan fingerprint density at radius 1 is 1.50 bits per heavy atom. The van der Waals surface area contributed by atoms with Gasteiger partial charge in [0.2, 0.25) is 0 Å². The average molecular weight is 277 g/mol. The highest BCUT2D eigenvalue weighted by atomic mass is 16.3. The van der Waals surface area contributed by atoms with E-state index < -0.39 is 0 Å². The van der Waals surface area contributed by atoms with Crippen LogP contribution in [0.3, 0.4) is 0 Å². The number of benzene rings is 1. The summed E-state index contributed by atoms with van der Waals surface area (Å²) in [7, 11) is 0. The molecule has 110 valence electrons. The number of rotatable bonds is 4. The Labute approximate surface area is 119 Å². The fraction of sp³-hybridized carbons (Fsp3) is 0.533. The van der Waals surface area contributed by atoms with E-state index in [0.29, 0.717) is 24.2 Å². The van der Waals surface area contributed by atoms with E-state index in [0.717, 1.165) is 5.69 Å². The third kappa shape index (κ3) is 2.58. The lowest BCUT2D eigenvalue weighted by Gasteiger charge is -2.50. The number of nitrogens with one attached hydrogen (secondary N) is 2. The van der Waals surface area contributed by atoms with E-state index in [1.165, 1.54) is 0 Å². The highest BCUT2D eigenvalue weighted by Gasteiger charge is 2.47. The number of carbonyl (C=O) groups is 1. The van der Waals surface area contributed by atoms with Crippen molar-refractivity contribution in [2.75, 3.05) is 17.6 Å². The van der Waals surface area contributed by atoms with E-state index in [9.17, 15) is 9.90 Å². The molecule has 20 heavy (non-hydrogen) atoms. The monoisotopic (exact) mass is 277 g/mol. The smallest absolute Gasteiger partial charge is 0.253 e. The van der Waals surface area contributed by atoms with E-state index in [1.807, 2.05) is 20.8 Å². The van der Waals surface area contributed by atoms with Crippen molar-refractivity contribution in [1.82, 2.24) is 5.32 Å². The first-order chi connectivity index (χ1) is 9.36. The minimum atomic E-state index is -0.311. The molecular weight excluding hydrogens is 254 g/mol. The highest BCUT2D eigenvalue weighted by Crippen LogP contribution is 2.42. The third-order valence-electron chi connectivity index (χ3n) is 4.17. The number of hydrogen-bond donors (Lipinski definition) is 4. The van der Waals surface area contributed by atoms with E-state index in [1.54, 1.807) is 18.2 Å². The number of nitrogen functional groups attached to an aromatic ring is 1. The minimum Gasteiger partial charge on any atom is -0.399 e. The Morgan fingerprint density at radius 2 is 2.20 bits per heavy atom. The summed E-state index contributed by atoms with van der Waals surface area (Å²) >= 11 is 0. The normalized spacial score (nSPS) is 23.8. The molecule has 0 radical (unpaired) electrons. The molecule has 0 aliphatic heterocycles. The molecule has 2 atom stereocenters. The second kappa shape index (κ2) is 5.32. The maximum atomic E-state index is 12.0. The Bertz CT molecular complexity index is 514. The van der Waals surface area contributed by atoms with Gasteiger partial charge in [-0.2, -0.15) is 0 Å². The maximum absolute atomic E-state index is 12.0. The lowest BCUT2D eigenvalue weighted by molar-refractivity contribution is -0.0510. The first-order valence-corrected chi connectivity index (χ1v) is 6.98. The predicted molar refractivity (Wildman–Crippen MR) is 80.7 cm³/mol. The SMILES string of the molecule is CCNC(=O)c1ccc(N)cc1NC1CC(O)C1(C)C. The van der Waals surface area contributed by atoms with E-state index in [4.69, 9.17) is 5.73 Å². The average Bonchev–Trinajstić information content (AvgIpc) is 2.38. The maximum Gasteiger partial charge on any atom is 0.253 e. The first kappa shape index (κ1) is 14.7. The minimum absolute atomic E-state index is 0.118. The molecule has 1 amide bonds. The Balaban J connectivity index is 2.22. The number of anilines is 2. The molecule has 1 aromatic carbocycles. The molecule has 0 bridgehead atoms. The van der Waals surface area contributed by atoms with Crippen LogP contribution in [0.25, 0.3) is 0 Å². The van der Waals surface area contributed by atoms with Crippen LogP contribution in [-0.4, -0.2) is 29.7 Å². The number of nitrogens with two attached hydrogens (primary N) is 1. The van der Waals surface area contributed by atoms with Crippen LogP contribution in [0.1, 0.15) is 37.6 Å². The van der Waals surface area contributed by atoms with Gasteiger partial charge >= 0.3 is 0 Å². The van der Waals surface area contributed by atoms with E-state index in [-0.39, 0.29) is 23.5 Å². The van der Waals surface area contributed by atoms with Crippen molar-refractivity contribution >= 4 is 17.3 Å². The van der Waals surface area contributed by atoms with Crippen LogP contribution >= 0.6 is 0 Å². The largest absolute Gasteiger partial charge is 0.399 e. The van der Waals surface area contributed by atoms with Crippen molar-refractivity contribution in [3.8, 4) is 0 Å². The molecule has 0 spiro atoms. The van der Waals surface area contributed by atoms with Crippen molar-refractivity contribution in [1.29, 1.82) is 0 Å². The van der Waals surface area contributed by atoms with Crippen LogP contribution in [-0.2, 0) is 0 Å². The summed E-state index contributed by atoms with van der Waals surface area (Å²) in [5.74, 6) is -0.118. The first-order valence-electron chi connectivity index (χ1n) is 6.98. The predicted octanol–water partition coefficient (Wildman–Crippen LogP) is 1.59. The molecule has 1 saturated carbocycles. The summed E-state index contributed by atoms with van der Waals surface area (Å²) < 4.78 is 0. The third-order valence-corrected chi connectivity index (χ3v) is 4.17. The second-order valence-electron chi connectivity index (χ2n) is 5.93. The van der Waals surface area contributed by atoms with Gasteiger partial charge in [0.25, 0.3) is 5.91 Å². The topological polar surface area (TPSA) is 87.4 Å². The fourth-order valence-corrected chi connectivity index (χ4v) is 2.47. The van der Waals surface area contributed by atoms with Crippen LogP contribution in [0, 0.1) is 5.41 Å². The lowest BCUT2D eigenvalue weighted by Crippen LogP contribution is -2.57. The zero-order chi connectivity index (χ0) is 14.9. The van der Waals surface area contributed by atoms with Gasteiger partial charge in [0.1, 0.15) is 0 Å². The molecule has 5 N–H and O–H groups in total. The zero-order valence-corrected chi connectivity index (χ0v) is 12.2. The Kier molecular flexibility index (Phi) is 3.90. The lowest BCUT2D eigenvalue weighted by atomic mass is 9.64. The molecule has 1 aromatic rings. The van der Waals surface area contributed by atoms with E-state index in [2.05, 4.69) is 10.6 Å². The number of amides is 1. The van der Waals surface area contributed by atoms with Crippen LogP contribution in [0.5, 0.6) is 0 Å². The van der Waals surface area contributed by atoms with Gasteiger partial charge in [-0.25, -0.2) is 0 Å². The molecule has 5 nitrogen and oxygen atoms in total. The van der Waals surface area contributed by atoms with Crippen molar-refractivity contribution in [3.63, 3.8) is 0 Å². The molecular formula is C15H23N3O2. The highest BCUT2D eigenvalue weighted by molar-refractivity contribution is 6.00. The zero-order valence-electron chi connectivity index (χ0n) is 12.2. The molecule has 1 aliphatic rings. The van der Waals surface area contributed by atoms with Gasteiger partial charge in [-0.3, -0.25) is 4.79 Å². The number of carbonyl (C=O) groups excluding carboxylic acids is 1. The Morgan fingerprint density at radius 3 is 2.75 bits per heavy atom. The van der Waals surface area contributed by atoms with Crippen molar-refractivity contribution in [2.45, 2.75) is 39.3 Å². The second-order valence-corrected chi connectivity index (χ2v) is 5.93. The molecule has 0 saturated heterocycles. The van der Waals surface area contributed by atoms with Crippen LogP contribution in [0.15, 0.2) is 18.2 Å². The number of aliphatic hydroxyl groups excluding tert-OH is 1. The van der Waals surface area contributed by atoms with Gasteiger partial charge in [0.15, 0.2) is 0 Å². The number of hydrogen-bond acceptors (Lipinski definition) is 4. The van der Waals surface area contributed by atoms with Gasteiger partial charge in [-0.05, 0) is 31.5 Å². The van der Waals surface area contributed by atoms with Crippen LogP contribution in [0.2, 0.25) is 0 Å². The van der Waals surface area contributed by atoms with E-state index >= 15 is 0 Å². The van der Waals surface area contributed by atoms with Crippen molar-refractivity contribution in [2.24, 2.45) is 5.41 Å². The summed E-state index contributed by atoms with van der Waals surface area (Å²) in [6.07, 6.45) is 0.366. The quantitative estimate of drug-likeness (QED) is 0.629. The standard InChI is InChI=1S/C15H23N3O2/c1-4-17-14(20)10-6-5-9(16)7-11(10)18-12-8-13(19)15(12,2)3/h5-7,12-13,18-19H,4,8,16H2,1-3H3,(H,17,20). The Hall–Kier alpha value is -1.75. The van der Waals surface area contributed by atoms with Crippen molar-refractivity contribution < 1.29 is 9.90 Å². The van der Waals surface area contributed by atoms with Crippen LogP contribution < -0.4 is 16.4 Å². The molecule has 5 heteroatoms. The van der Waals surface area contributed by atoms with Gasteiger partial charge in [0.05, 0.1) is 11.7 Å². The molecule has 0 aromatic heterocycles. The number of aliphatic hydroxyl groups is 1. The molecule has 1 fully saturated rings. The fourth-order valence-electron chi connectivity index (χ4n) is 2.47. The summed E-state index contributed by atoms with van der Waals surface area (Å²) in [6.45, 7) is 6.48. The summed E-state index contributed by atoms with van der Waals surface area (Å²) in [4.78, 5) is 12.0. The van der Waals surface area contributed by atoms with Gasteiger partial charge < -0.3 is 21.5 Å². The summed E-state index contributed by atoms with van der Waals surface area (Å²) in [5.41, 5.74) is 7.52. The molecule has 1 aliphatic carbocycles. The van der Waals surface area contributed by atoms with Crippen LogP contribution in [0.4, 0.5) is 11.4 Å². The molecule has 0 heterocycles.